The second-order valence-electron chi connectivity index (χ2n) is 2.35. The van der Waals surface area contributed by atoms with Gasteiger partial charge in [0.05, 0.1) is 11.4 Å². The molecule has 0 unspecified atom stereocenters. The summed E-state index contributed by atoms with van der Waals surface area (Å²) < 4.78 is 0. The summed E-state index contributed by atoms with van der Waals surface area (Å²) in [7, 11) is 0. The van der Waals surface area contributed by atoms with Crippen molar-refractivity contribution in [3.8, 4) is 0 Å². The van der Waals surface area contributed by atoms with Crippen molar-refractivity contribution in [3.05, 3.63) is 24.3 Å². The molecule has 0 heterocycles. The SMILES string of the molecule is Nc1ccccc1NC(=O)C(=O)O. The second kappa shape index (κ2) is 3.57. The fourth-order valence-electron chi connectivity index (χ4n) is 0.787. The lowest BCUT2D eigenvalue weighted by atomic mass is 10.3. The molecule has 1 aromatic carbocycles. The molecule has 0 aliphatic heterocycles. The van der Waals surface area contributed by atoms with Crippen LogP contribution in [-0.2, 0) is 9.59 Å². The molecular weight excluding hydrogens is 172 g/mol. The van der Waals surface area contributed by atoms with Gasteiger partial charge in [-0.15, -0.1) is 0 Å². The third-order valence-electron chi connectivity index (χ3n) is 1.40. The van der Waals surface area contributed by atoms with E-state index in [4.69, 9.17) is 10.8 Å². The van der Waals surface area contributed by atoms with Gasteiger partial charge in [-0.05, 0) is 12.1 Å². The number of nitrogens with two attached hydrogens (primary N) is 1. The Bertz CT molecular complexity index is 349. The summed E-state index contributed by atoms with van der Waals surface area (Å²) in [5.41, 5.74) is 6.09. The summed E-state index contributed by atoms with van der Waals surface area (Å²) in [5.74, 6) is -2.64. The minimum absolute atomic E-state index is 0.301. The van der Waals surface area contributed by atoms with E-state index < -0.39 is 11.9 Å². The molecule has 0 radical (unpaired) electrons. The zero-order valence-corrected chi connectivity index (χ0v) is 6.65. The predicted molar refractivity (Wildman–Crippen MR) is 47.1 cm³/mol. The largest absolute Gasteiger partial charge is 0.474 e. The van der Waals surface area contributed by atoms with Crippen LogP contribution >= 0.6 is 0 Å². The molecule has 0 saturated carbocycles. The summed E-state index contributed by atoms with van der Waals surface area (Å²) in [6, 6.07) is 6.42. The van der Waals surface area contributed by atoms with Crippen molar-refractivity contribution < 1.29 is 14.7 Å². The zero-order valence-electron chi connectivity index (χ0n) is 6.65. The van der Waals surface area contributed by atoms with Crippen molar-refractivity contribution >= 4 is 23.3 Å². The number of carbonyl (C=O) groups is 2. The molecular formula is C8H8N2O3. The lowest BCUT2D eigenvalue weighted by Gasteiger charge is -2.04. The summed E-state index contributed by atoms with van der Waals surface area (Å²) >= 11 is 0. The molecule has 0 saturated heterocycles. The highest BCUT2D eigenvalue weighted by atomic mass is 16.4. The van der Waals surface area contributed by atoms with E-state index in [1.807, 2.05) is 0 Å². The van der Waals surface area contributed by atoms with Gasteiger partial charge in [0.2, 0.25) is 0 Å². The quantitative estimate of drug-likeness (QED) is 0.428. The first-order valence-electron chi connectivity index (χ1n) is 3.50. The lowest BCUT2D eigenvalue weighted by Crippen LogP contribution is -2.22. The van der Waals surface area contributed by atoms with Crippen LogP contribution in [0, 0.1) is 0 Å². The number of para-hydroxylation sites is 2. The maximum Gasteiger partial charge on any atom is 0.394 e. The number of rotatable bonds is 1. The minimum Gasteiger partial charge on any atom is -0.474 e. The number of hydrogen-bond donors (Lipinski definition) is 3. The molecule has 0 bridgehead atoms. The normalized spacial score (nSPS) is 9.23. The van der Waals surface area contributed by atoms with Crippen LogP contribution in [0.4, 0.5) is 11.4 Å². The number of amides is 1. The number of carboxylic acids is 1. The van der Waals surface area contributed by atoms with Crippen LogP contribution in [0.25, 0.3) is 0 Å². The smallest absolute Gasteiger partial charge is 0.394 e. The molecule has 0 aliphatic rings. The summed E-state index contributed by atoms with van der Waals surface area (Å²) in [4.78, 5) is 20.9. The number of anilines is 2. The van der Waals surface area contributed by atoms with E-state index in [0.29, 0.717) is 11.4 Å². The fourth-order valence-corrected chi connectivity index (χ4v) is 0.787. The minimum atomic E-state index is -1.54. The van der Waals surface area contributed by atoms with E-state index in [0.717, 1.165) is 0 Å². The first kappa shape index (κ1) is 9.05. The molecule has 0 atom stereocenters. The number of nitrogens with one attached hydrogen (secondary N) is 1. The fraction of sp³-hybridized carbons (Fsp3) is 0. The number of carbonyl (C=O) groups excluding carboxylic acids is 1. The number of hydrogen-bond acceptors (Lipinski definition) is 3. The van der Waals surface area contributed by atoms with E-state index in [1.165, 1.54) is 6.07 Å². The third kappa shape index (κ3) is 2.19. The van der Waals surface area contributed by atoms with Gasteiger partial charge in [-0.2, -0.15) is 0 Å². The Kier molecular flexibility index (Phi) is 2.49. The molecule has 1 aromatic rings. The third-order valence-corrected chi connectivity index (χ3v) is 1.40. The number of benzene rings is 1. The summed E-state index contributed by atoms with van der Waals surface area (Å²) in [6.45, 7) is 0. The highest BCUT2D eigenvalue weighted by molar-refractivity contribution is 6.36. The van der Waals surface area contributed by atoms with Crippen LogP contribution in [-0.4, -0.2) is 17.0 Å². The summed E-state index contributed by atoms with van der Waals surface area (Å²) in [6.07, 6.45) is 0. The molecule has 68 valence electrons. The maximum absolute atomic E-state index is 10.7. The van der Waals surface area contributed by atoms with Crippen molar-refractivity contribution in [1.82, 2.24) is 0 Å². The van der Waals surface area contributed by atoms with E-state index in [9.17, 15) is 9.59 Å². The van der Waals surface area contributed by atoms with Gasteiger partial charge in [0, 0.05) is 0 Å². The van der Waals surface area contributed by atoms with E-state index in [2.05, 4.69) is 5.32 Å². The highest BCUT2D eigenvalue weighted by Crippen LogP contribution is 2.16. The van der Waals surface area contributed by atoms with Crippen molar-refractivity contribution in [2.75, 3.05) is 11.1 Å². The molecule has 5 heteroatoms. The molecule has 0 aliphatic carbocycles. The van der Waals surface area contributed by atoms with Crippen LogP contribution < -0.4 is 11.1 Å². The first-order chi connectivity index (χ1) is 6.11. The first-order valence-corrected chi connectivity index (χ1v) is 3.50. The molecule has 0 fully saturated rings. The Labute approximate surface area is 74.2 Å². The van der Waals surface area contributed by atoms with Crippen LogP contribution in [0.5, 0.6) is 0 Å². The molecule has 13 heavy (non-hydrogen) atoms. The Balaban J connectivity index is 2.81. The Morgan fingerprint density at radius 2 is 1.92 bits per heavy atom. The molecule has 0 aromatic heterocycles. The van der Waals surface area contributed by atoms with E-state index in [-0.39, 0.29) is 0 Å². The predicted octanol–water partition coefficient (Wildman–Crippen LogP) is 0.292. The Morgan fingerprint density at radius 3 is 2.46 bits per heavy atom. The zero-order chi connectivity index (χ0) is 9.84. The molecule has 1 rings (SSSR count). The van der Waals surface area contributed by atoms with Gasteiger partial charge in [-0.1, -0.05) is 12.1 Å². The van der Waals surface area contributed by atoms with Crippen LogP contribution in [0.1, 0.15) is 0 Å². The standard InChI is InChI=1S/C8H8N2O3/c9-5-3-1-2-4-6(5)10-7(11)8(12)13/h1-4H,9H2,(H,10,11)(H,12,13). The second-order valence-corrected chi connectivity index (χ2v) is 2.35. The van der Waals surface area contributed by atoms with Crippen molar-refractivity contribution in [3.63, 3.8) is 0 Å². The topological polar surface area (TPSA) is 92.4 Å². The lowest BCUT2D eigenvalue weighted by molar-refractivity contribution is -0.147. The van der Waals surface area contributed by atoms with Crippen molar-refractivity contribution in [1.29, 1.82) is 0 Å². The van der Waals surface area contributed by atoms with Crippen LogP contribution in [0.15, 0.2) is 24.3 Å². The van der Waals surface area contributed by atoms with Crippen molar-refractivity contribution in [2.45, 2.75) is 0 Å². The van der Waals surface area contributed by atoms with Gasteiger partial charge < -0.3 is 16.2 Å². The number of carboxylic acid groups (broad SMARTS) is 1. The van der Waals surface area contributed by atoms with Crippen molar-refractivity contribution in [2.24, 2.45) is 0 Å². The molecule has 1 amide bonds. The monoisotopic (exact) mass is 180 g/mol. The number of nitrogen functional groups attached to an aromatic ring is 1. The maximum atomic E-state index is 10.7. The average molecular weight is 180 g/mol. The highest BCUT2D eigenvalue weighted by Gasteiger charge is 2.11. The van der Waals surface area contributed by atoms with E-state index >= 15 is 0 Å². The van der Waals surface area contributed by atoms with Gasteiger partial charge in [0.25, 0.3) is 0 Å². The molecule has 4 N–H and O–H groups in total. The Morgan fingerprint density at radius 1 is 1.31 bits per heavy atom. The van der Waals surface area contributed by atoms with Crippen LogP contribution in [0.3, 0.4) is 0 Å². The van der Waals surface area contributed by atoms with Gasteiger partial charge in [-0.25, -0.2) is 4.79 Å². The number of aliphatic carboxylic acids is 1. The van der Waals surface area contributed by atoms with Gasteiger partial charge in [0.1, 0.15) is 0 Å². The summed E-state index contributed by atoms with van der Waals surface area (Å²) in [5, 5.41) is 10.4. The van der Waals surface area contributed by atoms with E-state index in [1.54, 1.807) is 18.2 Å². The Hall–Kier alpha value is -2.04. The molecule has 0 spiro atoms. The average Bonchev–Trinajstić information content (AvgIpc) is 2.08. The van der Waals surface area contributed by atoms with Gasteiger partial charge in [0.15, 0.2) is 0 Å². The molecule has 5 nitrogen and oxygen atoms in total. The van der Waals surface area contributed by atoms with Gasteiger partial charge in [-0.3, -0.25) is 4.79 Å². The van der Waals surface area contributed by atoms with Gasteiger partial charge >= 0.3 is 11.9 Å². The van der Waals surface area contributed by atoms with Crippen LogP contribution in [0.2, 0.25) is 0 Å².